The molecule has 0 amide bonds. The van der Waals surface area contributed by atoms with Crippen molar-refractivity contribution in [3.05, 3.63) is 28.4 Å². The van der Waals surface area contributed by atoms with Crippen LogP contribution in [0.15, 0.2) is 18.2 Å². The maximum Gasteiger partial charge on any atom is 0.345 e. The molecule has 6 nitrogen and oxygen atoms in total. The number of hydrogen-bond acceptors (Lipinski definition) is 6. The number of pyridine rings is 1. The first-order chi connectivity index (χ1) is 12.0. The van der Waals surface area contributed by atoms with Gasteiger partial charge in [0.25, 0.3) is 0 Å². The number of esters is 1. The van der Waals surface area contributed by atoms with Crippen molar-refractivity contribution in [2.24, 2.45) is 0 Å². The molecule has 0 radical (unpaired) electrons. The van der Waals surface area contributed by atoms with Crippen molar-refractivity contribution in [1.82, 2.24) is 4.57 Å². The smallest absolute Gasteiger partial charge is 0.345 e. The third-order valence-corrected chi connectivity index (χ3v) is 4.54. The third-order valence-electron chi connectivity index (χ3n) is 3.88. The highest BCUT2D eigenvalue weighted by atomic mass is 35.5. The number of hydrogen-bond donors (Lipinski definition) is 1. The second-order valence-corrected chi connectivity index (χ2v) is 5.87. The number of aromatic hydroxyl groups is 1. The fourth-order valence-corrected chi connectivity index (χ4v) is 3.37. The molecule has 2 heterocycles. The molecule has 0 saturated carbocycles. The minimum absolute atomic E-state index is 0.0762. The molecule has 8 heteroatoms. The average molecular weight is 382 g/mol. The summed E-state index contributed by atoms with van der Waals surface area (Å²) in [6.45, 7) is 3.75. The van der Waals surface area contributed by atoms with Gasteiger partial charge in [0.1, 0.15) is 16.0 Å². The Balaban J connectivity index is 2.45. The summed E-state index contributed by atoms with van der Waals surface area (Å²) in [5.41, 5.74) is 1.15. The zero-order valence-electron chi connectivity index (χ0n) is 13.7. The van der Waals surface area contributed by atoms with Crippen molar-refractivity contribution >= 4 is 46.4 Å². The van der Waals surface area contributed by atoms with E-state index in [1.165, 1.54) is 0 Å². The molecule has 0 saturated heterocycles. The second kappa shape index (κ2) is 6.93. The minimum atomic E-state index is -0.691. The highest BCUT2D eigenvalue weighted by Gasteiger charge is 2.25. The van der Waals surface area contributed by atoms with Gasteiger partial charge in [-0.1, -0.05) is 18.3 Å². The zero-order valence-corrected chi connectivity index (χ0v) is 15.2. The quantitative estimate of drug-likeness (QED) is 0.489. The van der Waals surface area contributed by atoms with Crippen LogP contribution in [-0.4, -0.2) is 34.9 Å². The van der Waals surface area contributed by atoms with Crippen molar-refractivity contribution in [3.63, 3.8) is 0 Å². The highest BCUT2D eigenvalue weighted by molar-refractivity contribution is 7.71. The Bertz CT molecular complexity index is 950. The SMILES string of the molecule is C/C=C(/CCl)n1c(=S)c(C(=O)OCC)c(O)c2cc3c(cc21)OCO3. The summed E-state index contributed by atoms with van der Waals surface area (Å²) in [7, 11) is 0. The Hall–Kier alpha value is -2.25. The zero-order chi connectivity index (χ0) is 18.1. The van der Waals surface area contributed by atoms with Crippen molar-refractivity contribution < 1.29 is 24.1 Å². The lowest BCUT2D eigenvalue weighted by Gasteiger charge is -2.17. The van der Waals surface area contributed by atoms with Gasteiger partial charge in [-0.05, 0) is 19.9 Å². The Morgan fingerprint density at radius 1 is 1.44 bits per heavy atom. The van der Waals surface area contributed by atoms with Crippen LogP contribution >= 0.6 is 23.8 Å². The Morgan fingerprint density at radius 2 is 2.12 bits per heavy atom. The maximum absolute atomic E-state index is 12.3. The van der Waals surface area contributed by atoms with Crippen molar-refractivity contribution in [2.75, 3.05) is 19.3 Å². The first-order valence-corrected chi connectivity index (χ1v) is 8.57. The predicted molar refractivity (Wildman–Crippen MR) is 97.2 cm³/mol. The van der Waals surface area contributed by atoms with Gasteiger partial charge < -0.3 is 23.9 Å². The van der Waals surface area contributed by atoms with Crippen LogP contribution in [0, 0.1) is 4.64 Å². The molecule has 25 heavy (non-hydrogen) atoms. The van der Waals surface area contributed by atoms with Gasteiger partial charge >= 0.3 is 5.97 Å². The highest BCUT2D eigenvalue weighted by Crippen LogP contribution is 2.41. The molecule has 2 aromatic rings. The molecule has 0 bridgehead atoms. The van der Waals surface area contributed by atoms with E-state index in [1.807, 2.05) is 6.92 Å². The molecule has 1 N–H and O–H groups in total. The number of aromatic nitrogens is 1. The largest absolute Gasteiger partial charge is 0.506 e. The summed E-state index contributed by atoms with van der Waals surface area (Å²) in [6, 6.07) is 3.32. The van der Waals surface area contributed by atoms with Crippen LogP contribution in [0.25, 0.3) is 16.6 Å². The fraction of sp³-hybridized carbons (Fsp3) is 0.294. The van der Waals surface area contributed by atoms with E-state index < -0.39 is 5.97 Å². The first-order valence-electron chi connectivity index (χ1n) is 7.63. The summed E-state index contributed by atoms with van der Waals surface area (Å²) >= 11 is 11.5. The molecule has 0 aliphatic carbocycles. The van der Waals surface area contributed by atoms with Gasteiger partial charge in [-0.2, -0.15) is 0 Å². The van der Waals surface area contributed by atoms with Crippen LogP contribution in [0.5, 0.6) is 17.2 Å². The van der Waals surface area contributed by atoms with Gasteiger partial charge in [0, 0.05) is 17.1 Å². The number of rotatable bonds is 4. The van der Waals surface area contributed by atoms with Crippen molar-refractivity contribution in [3.8, 4) is 17.2 Å². The van der Waals surface area contributed by atoms with Crippen LogP contribution in [0.2, 0.25) is 0 Å². The lowest BCUT2D eigenvalue weighted by atomic mass is 10.1. The minimum Gasteiger partial charge on any atom is -0.506 e. The first kappa shape index (κ1) is 17.6. The molecule has 1 aromatic heterocycles. The Morgan fingerprint density at radius 3 is 2.72 bits per heavy atom. The van der Waals surface area contributed by atoms with E-state index in [4.69, 9.17) is 38.0 Å². The number of benzene rings is 1. The summed E-state index contributed by atoms with van der Waals surface area (Å²) in [6.07, 6.45) is 1.79. The molecule has 0 fully saturated rings. The topological polar surface area (TPSA) is 69.9 Å². The van der Waals surface area contributed by atoms with Gasteiger partial charge in [0.2, 0.25) is 6.79 Å². The monoisotopic (exact) mass is 381 g/mol. The van der Waals surface area contributed by atoms with Crippen LogP contribution in [0.3, 0.4) is 0 Å². The average Bonchev–Trinajstić information content (AvgIpc) is 3.05. The van der Waals surface area contributed by atoms with Crippen molar-refractivity contribution in [1.29, 1.82) is 0 Å². The molecular formula is C17H16ClNO5S. The van der Waals surface area contributed by atoms with E-state index >= 15 is 0 Å². The third kappa shape index (κ3) is 2.83. The number of allylic oxidation sites excluding steroid dienone is 2. The van der Waals surface area contributed by atoms with E-state index in [2.05, 4.69) is 0 Å². The molecule has 0 spiro atoms. The van der Waals surface area contributed by atoms with E-state index in [-0.39, 0.29) is 35.2 Å². The lowest BCUT2D eigenvalue weighted by molar-refractivity contribution is 0.0522. The molecule has 132 valence electrons. The van der Waals surface area contributed by atoms with Gasteiger partial charge in [0.15, 0.2) is 11.5 Å². The molecule has 0 atom stereocenters. The Kier molecular flexibility index (Phi) is 4.87. The van der Waals surface area contributed by atoms with E-state index in [1.54, 1.807) is 29.7 Å². The van der Waals surface area contributed by atoms with Crippen LogP contribution in [0.1, 0.15) is 24.2 Å². The second-order valence-electron chi connectivity index (χ2n) is 5.22. The predicted octanol–water partition coefficient (Wildman–Crippen LogP) is 4.08. The van der Waals surface area contributed by atoms with E-state index in [0.29, 0.717) is 28.1 Å². The van der Waals surface area contributed by atoms with Crippen LogP contribution in [0.4, 0.5) is 0 Å². The number of carbonyl (C=O) groups excluding carboxylic acids is 1. The standard InChI is InChI=1S/C17H16ClNO5S/c1-3-9(7-18)19-11-6-13-12(23-8-24-13)5-10(11)15(20)14(16(19)25)17(21)22-4-2/h3,5-6,20H,4,7-8H2,1-2H3/b9-3-. The summed E-state index contributed by atoms with van der Waals surface area (Å²) in [5.74, 6) is 0.237. The number of alkyl halides is 1. The number of nitrogens with zero attached hydrogens (tertiary/aromatic N) is 1. The molecule has 0 unspecified atom stereocenters. The fourth-order valence-electron chi connectivity index (χ4n) is 2.70. The molecular weight excluding hydrogens is 366 g/mol. The number of ether oxygens (including phenoxy) is 3. The number of halogens is 1. The maximum atomic E-state index is 12.3. The molecule has 1 aliphatic heterocycles. The molecule has 3 rings (SSSR count). The number of fused-ring (bicyclic) bond motifs is 2. The van der Waals surface area contributed by atoms with Crippen LogP contribution < -0.4 is 9.47 Å². The summed E-state index contributed by atoms with van der Waals surface area (Å²) in [4.78, 5) is 12.3. The van der Waals surface area contributed by atoms with Crippen molar-refractivity contribution in [2.45, 2.75) is 13.8 Å². The van der Waals surface area contributed by atoms with E-state index in [9.17, 15) is 9.90 Å². The Labute approximate surface area is 154 Å². The normalized spacial score (nSPS) is 13.3. The summed E-state index contributed by atoms with van der Waals surface area (Å²) < 4.78 is 17.6. The lowest BCUT2D eigenvalue weighted by Crippen LogP contribution is -2.12. The summed E-state index contributed by atoms with van der Waals surface area (Å²) in [5, 5.41) is 11.1. The molecule has 1 aliphatic rings. The van der Waals surface area contributed by atoms with Gasteiger partial charge in [-0.25, -0.2) is 4.79 Å². The van der Waals surface area contributed by atoms with E-state index in [0.717, 1.165) is 0 Å². The van der Waals surface area contributed by atoms with Gasteiger partial charge in [0.05, 0.1) is 18.0 Å². The molecule has 1 aromatic carbocycles. The van der Waals surface area contributed by atoms with Gasteiger partial charge in [-0.15, -0.1) is 11.6 Å². The van der Waals surface area contributed by atoms with Crippen LogP contribution in [-0.2, 0) is 4.74 Å². The number of carbonyl (C=O) groups is 1. The van der Waals surface area contributed by atoms with Gasteiger partial charge in [-0.3, -0.25) is 0 Å².